The summed E-state index contributed by atoms with van der Waals surface area (Å²) in [6.07, 6.45) is 3.14. The van der Waals surface area contributed by atoms with Gasteiger partial charge >= 0.3 is 0 Å². The summed E-state index contributed by atoms with van der Waals surface area (Å²) in [5.74, 6) is 2.86. The van der Waals surface area contributed by atoms with Gasteiger partial charge in [0.05, 0.1) is 33.5 Å². The zero-order chi connectivity index (χ0) is 23.8. The van der Waals surface area contributed by atoms with Crippen LogP contribution in [0.15, 0.2) is 42.6 Å². The van der Waals surface area contributed by atoms with Crippen LogP contribution in [0.4, 0.5) is 0 Å². The monoisotopic (exact) mass is 452 g/mol. The zero-order valence-corrected chi connectivity index (χ0v) is 19.9. The van der Waals surface area contributed by atoms with Gasteiger partial charge in [-0.25, -0.2) is 0 Å². The fraction of sp³-hybridized carbons (Fsp3) is 0.385. The molecule has 1 amide bonds. The van der Waals surface area contributed by atoms with Crippen LogP contribution in [-0.2, 0) is 4.79 Å². The fourth-order valence-corrected chi connectivity index (χ4v) is 3.82. The molecule has 7 heteroatoms. The fourth-order valence-electron chi connectivity index (χ4n) is 3.82. The van der Waals surface area contributed by atoms with E-state index in [2.05, 4.69) is 10.3 Å². The van der Waals surface area contributed by atoms with Gasteiger partial charge in [0.15, 0.2) is 11.5 Å². The molecule has 2 aromatic carbocycles. The molecule has 0 aliphatic carbocycles. The van der Waals surface area contributed by atoms with E-state index < -0.39 is 0 Å². The highest BCUT2D eigenvalue weighted by molar-refractivity contribution is 5.90. The van der Waals surface area contributed by atoms with Gasteiger partial charge in [0.1, 0.15) is 5.75 Å². The summed E-state index contributed by atoms with van der Waals surface area (Å²) in [7, 11) is 4.78. The normalized spacial score (nSPS) is 15.2. The van der Waals surface area contributed by atoms with Crippen molar-refractivity contribution in [3.63, 3.8) is 0 Å². The Labute approximate surface area is 195 Å². The van der Waals surface area contributed by atoms with Crippen LogP contribution in [0.3, 0.4) is 0 Å². The summed E-state index contributed by atoms with van der Waals surface area (Å²) in [4.78, 5) is 15.9. The average Bonchev–Trinajstić information content (AvgIpc) is 2.88. The number of hydrogen-bond donors (Lipinski definition) is 1. The van der Waals surface area contributed by atoms with Gasteiger partial charge in [-0.15, -0.1) is 0 Å². The van der Waals surface area contributed by atoms with Crippen LogP contribution >= 0.6 is 0 Å². The van der Waals surface area contributed by atoms with Crippen molar-refractivity contribution in [2.24, 2.45) is 5.92 Å². The molecule has 4 rings (SSSR count). The molecule has 0 spiro atoms. The summed E-state index contributed by atoms with van der Waals surface area (Å²) in [6, 6.07) is 11.7. The largest absolute Gasteiger partial charge is 0.493 e. The molecule has 1 aliphatic heterocycles. The van der Waals surface area contributed by atoms with Crippen molar-refractivity contribution in [2.45, 2.75) is 26.7 Å². The maximum absolute atomic E-state index is 11.4. The van der Waals surface area contributed by atoms with Gasteiger partial charge in [-0.1, -0.05) is 13.8 Å². The van der Waals surface area contributed by atoms with Crippen LogP contribution in [0.1, 0.15) is 26.7 Å². The molecule has 7 nitrogen and oxygen atoms in total. The second-order valence-electron chi connectivity index (χ2n) is 7.48. The van der Waals surface area contributed by atoms with Crippen LogP contribution in [0, 0.1) is 5.92 Å². The summed E-state index contributed by atoms with van der Waals surface area (Å²) in [6.45, 7) is 5.17. The number of benzene rings is 2. The first-order chi connectivity index (χ1) is 16.1. The molecule has 1 aliphatic rings. The number of pyridine rings is 1. The molecule has 0 saturated carbocycles. The molecule has 176 valence electrons. The lowest BCUT2D eigenvalue weighted by Gasteiger charge is -2.23. The molecule has 1 N–H and O–H groups in total. The number of methoxy groups -OCH3 is 3. The third kappa shape index (κ3) is 5.48. The van der Waals surface area contributed by atoms with E-state index in [-0.39, 0.29) is 11.8 Å². The maximum Gasteiger partial charge on any atom is 0.220 e. The number of carbonyl (C=O) groups is 1. The Morgan fingerprint density at radius 1 is 0.970 bits per heavy atom. The lowest BCUT2D eigenvalue weighted by atomic mass is 10.00. The number of aromatic nitrogens is 1. The van der Waals surface area contributed by atoms with Crippen molar-refractivity contribution in [3.05, 3.63) is 42.6 Å². The Kier molecular flexibility index (Phi) is 8.35. The predicted molar refractivity (Wildman–Crippen MR) is 129 cm³/mol. The number of fused-ring (bicyclic) bond motifs is 1. The summed E-state index contributed by atoms with van der Waals surface area (Å²) in [5.41, 5.74) is 2.66. The number of piperidine rings is 1. The summed E-state index contributed by atoms with van der Waals surface area (Å²) in [5, 5.41) is 3.85. The predicted octanol–water partition coefficient (Wildman–Crippen LogP) is 4.86. The van der Waals surface area contributed by atoms with Crippen LogP contribution in [0.5, 0.6) is 23.0 Å². The molecular weight excluding hydrogens is 420 g/mol. The van der Waals surface area contributed by atoms with E-state index in [0.29, 0.717) is 36.8 Å². The molecule has 33 heavy (non-hydrogen) atoms. The first-order valence-electron chi connectivity index (χ1n) is 11.2. The molecule has 1 unspecified atom stereocenters. The topological polar surface area (TPSA) is 78.9 Å². The first-order valence-corrected chi connectivity index (χ1v) is 11.2. The number of nitrogens with zero attached hydrogens (tertiary/aromatic N) is 1. The lowest BCUT2D eigenvalue weighted by molar-refractivity contribution is -0.123. The third-order valence-corrected chi connectivity index (χ3v) is 5.52. The van der Waals surface area contributed by atoms with Crippen molar-refractivity contribution >= 4 is 16.8 Å². The molecule has 1 atom stereocenters. The van der Waals surface area contributed by atoms with E-state index in [0.717, 1.165) is 34.2 Å². The third-order valence-electron chi connectivity index (χ3n) is 5.52. The minimum atomic E-state index is 0.107. The van der Waals surface area contributed by atoms with Gasteiger partial charge < -0.3 is 24.3 Å². The van der Waals surface area contributed by atoms with Crippen molar-refractivity contribution in [2.75, 3.05) is 34.5 Å². The van der Waals surface area contributed by atoms with Crippen LogP contribution in [0.25, 0.3) is 22.0 Å². The minimum absolute atomic E-state index is 0.107. The molecule has 1 saturated heterocycles. The number of carbonyl (C=O) groups excluding carboxylic acids is 1. The highest BCUT2D eigenvalue weighted by atomic mass is 16.5. The SMILES string of the molecule is CC.COc1cc(-c2cc(OCC3CCC(=O)NC3)c3cccnc3c2)cc(OC)c1OC. The average molecular weight is 453 g/mol. The molecule has 0 radical (unpaired) electrons. The Morgan fingerprint density at radius 3 is 2.24 bits per heavy atom. The lowest BCUT2D eigenvalue weighted by Crippen LogP contribution is -2.37. The second-order valence-corrected chi connectivity index (χ2v) is 7.48. The van der Waals surface area contributed by atoms with Crippen molar-refractivity contribution in [1.82, 2.24) is 10.3 Å². The summed E-state index contributed by atoms with van der Waals surface area (Å²) < 4.78 is 22.7. The van der Waals surface area contributed by atoms with Crippen LogP contribution < -0.4 is 24.3 Å². The van der Waals surface area contributed by atoms with Crippen LogP contribution in [-0.4, -0.2) is 45.4 Å². The van der Waals surface area contributed by atoms with E-state index in [1.54, 1.807) is 27.5 Å². The number of ether oxygens (including phenoxy) is 4. The standard InChI is InChI=1S/C24H26N2O5.C2H6/c1-28-21-11-17(12-22(29-2)24(21)30-3)16-9-19-18(5-4-8-25-19)20(10-16)31-14-15-6-7-23(27)26-13-15;1-2/h4-5,8-12,15H,6-7,13-14H2,1-3H3,(H,26,27);1-2H3. The minimum Gasteiger partial charge on any atom is -0.493 e. The second kappa shape index (κ2) is 11.4. The van der Waals surface area contributed by atoms with Crippen LogP contribution in [0.2, 0.25) is 0 Å². The number of rotatable bonds is 7. The van der Waals surface area contributed by atoms with Crippen molar-refractivity contribution in [3.8, 4) is 34.1 Å². The Hall–Kier alpha value is -3.48. The van der Waals surface area contributed by atoms with Gasteiger partial charge in [-0.05, 0) is 53.9 Å². The highest BCUT2D eigenvalue weighted by Gasteiger charge is 2.20. The molecule has 1 fully saturated rings. The molecular formula is C26H32N2O5. The van der Waals surface area contributed by atoms with E-state index in [9.17, 15) is 4.79 Å². The van der Waals surface area contributed by atoms with E-state index in [4.69, 9.17) is 18.9 Å². The number of amides is 1. The van der Waals surface area contributed by atoms with Gasteiger partial charge in [-0.3, -0.25) is 9.78 Å². The summed E-state index contributed by atoms with van der Waals surface area (Å²) >= 11 is 0. The first kappa shape index (κ1) is 24.2. The molecule has 2 heterocycles. The van der Waals surface area contributed by atoms with E-state index >= 15 is 0 Å². The quantitative estimate of drug-likeness (QED) is 0.552. The van der Waals surface area contributed by atoms with Gasteiger partial charge in [0, 0.05) is 30.5 Å². The maximum atomic E-state index is 11.4. The number of hydrogen-bond acceptors (Lipinski definition) is 6. The zero-order valence-electron chi connectivity index (χ0n) is 19.9. The van der Waals surface area contributed by atoms with E-state index in [1.165, 1.54) is 0 Å². The Morgan fingerprint density at radius 2 is 1.64 bits per heavy atom. The van der Waals surface area contributed by atoms with Crippen molar-refractivity contribution < 1.29 is 23.7 Å². The molecule has 3 aromatic rings. The van der Waals surface area contributed by atoms with Gasteiger partial charge in [0.25, 0.3) is 0 Å². The Bertz CT molecular complexity index is 1060. The van der Waals surface area contributed by atoms with E-state index in [1.807, 2.05) is 50.2 Å². The van der Waals surface area contributed by atoms with Gasteiger partial charge in [0.2, 0.25) is 11.7 Å². The Balaban J connectivity index is 0.00000149. The van der Waals surface area contributed by atoms with Crippen molar-refractivity contribution in [1.29, 1.82) is 0 Å². The smallest absolute Gasteiger partial charge is 0.220 e. The molecule has 0 bridgehead atoms. The highest BCUT2D eigenvalue weighted by Crippen LogP contribution is 2.42. The number of nitrogens with one attached hydrogen (secondary N) is 1. The molecule has 1 aromatic heterocycles. The van der Waals surface area contributed by atoms with Gasteiger partial charge in [-0.2, -0.15) is 0 Å².